The van der Waals surface area contributed by atoms with Crippen LogP contribution in [0.25, 0.3) is 10.4 Å². The highest BCUT2D eigenvalue weighted by Crippen LogP contribution is 2.40. The van der Waals surface area contributed by atoms with Gasteiger partial charge in [-0.25, -0.2) is 5.43 Å². The Morgan fingerprint density at radius 1 is 1.06 bits per heavy atom. The second kappa shape index (κ2) is 10.1. The van der Waals surface area contributed by atoms with E-state index in [0.29, 0.717) is 31.8 Å². The van der Waals surface area contributed by atoms with Crippen molar-refractivity contribution >= 4 is 69.4 Å². The van der Waals surface area contributed by atoms with Gasteiger partial charge in [-0.2, -0.15) is 5.10 Å². The molecule has 0 atom stereocenters. The predicted molar refractivity (Wildman–Crippen MR) is 125 cm³/mol. The van der Waals surface area contributed by atoms with Gasteiger partial charge in [0.2, 0.25) is 0 Å². The lowest BCUT2D eigenvalue weighted by atomic mass is 10.1. The monoisotopic (exact) mass is 511 g/mol. The number of hydrogen-bond donors (Lipinski definition) is 4. The van der Waals surface area contributed by atoms with E-state index < -0.39 is 24.3 Å². The van der Waals surface area contributed by atoms with Gasteiger partial charge in [0.25, 0.3) is 11.8 Å². The van der Waals surface area contributed by atoms with Gasteiger partial charge in [0.1, 0.15) is 12.3 Å². The van der Waals surface area contributed by atoms with E-state index in [4.69, 9.17) is 28.3 Å². The molecule has 12 heteroatoms. The summed E-state index contributed by atoms with van der Waals surface area (Å²) in [6.45, 7) is 1.11. The number of carboxylic acids is 1. The summed E-state index contributed by atoms with van der Waals surface area (Å²) in [5.41, 5.74) is 3.88. The molecule has 0 radical (unpaired) electrons. The van der Waals surface area contributed by atoms with Crippen LogP contribution in [0.15, 0.2) is 40.8 Å². The molecular weight excluding hydrogens is 497 g/mol. The zero-order valence-electron chi connectivity index (χ0n) is 16.3. The zero-order chi connectivity index (χ0) is 23.4. The molecule has 0 aliphatic rings. The summed E-state index contributed by atoms with van der Waals surface area (Å²) in [7, 11) is 0. The number of amides is 2. The molecule has 2 heterocycles. The van der Waals surface area contributed by atoms with E-state index in [-0.39, 0.29) is 15.5 Å². The van der Waals surface area contributed by atoms with Crippen LogP contribution in [-0.4, -0.2) is 40.3 Å². The van der Waals surface area contributed by atoms with E-state index in [1.807, 2.05) is 0 Å². The Labute approximate surface area is 200 Å². The summed E-state index contributed by atoms with van der Waals surface area (Å²) in [5, 5.41) is 27.9. The molecule has 0 saturated heterocycles. The van der Waals surface area contributed by atoms with Crippen molar-refractivity contribution in [3.63, 3.8) is 0 Å². The number of carbonyl (C=O) groups excluding carboxylic acids is 2. The molecule has 1 aromatic carbocycles. The smallest absolute Gasteiger partial charge is 0.322 e. The number of nitrogens with one attached hydrogen (secondary N) is 2. The molecule has 0 saturated carbocycles. The Hall–Kier alpha value is -2.92. The summed E-state index contributed by atoms with van der Waals surface area (Å²) in [5.74, 6) is -2.31. The summed E-state index contributed by atoms with van der Waals surface area (Å²) >= 11 is 14.2. The van der Waals surface area contributed by atoms with Crippen molar-refractivity contribution in [1.29, 1.82) is 0 Å². The third-order valence-corrected chi connectivity index (χ3v) is 6.96. The highest BCUT2D eigenvalue weighted by Gasteiger charge is 2.17. The van der Waals surface area contributed by atoms with Gasteiger partial charge in [0.05, 0.1) is 36.0 Å². The van der Waals surface area contributed by atoms with Crippen LogP contribution < -0.4 is 10.7 Å². The summed E-state index contributed by atoms with van der Waals surface area (Å²) in [6, 6.07) is 7.87. The Balaban J connectivity index is 1.70. The van der Waals surface area contributed by atoms with Crippen LogP contribution in [0.1, 0.15) is 31.8 Å². The largest absolute Gasteiger partial charge is 0.506 e. The molecule has 4 N–H and O–H groups in total. The first-order chi connectivity index (χ1) is 15.2. The SMILES string of the molecule is C/C(=N\NC(=O)c1ccc(C(=O)NCC(=O)O)s1)c1csc(-c2ccc(Cl)c(Cl)c2)c1O. The Bertz CT molecular complexity index is 1240. The second-order valence-electron chi connectivity index (χ2n) is 6.33. The van der Waals surface area contributed by atoms with Crippen molar-refractivity contribution in [3.8, 4) is 16.2 Å². The molecule has 0 bridgehead atoms. The topological polar surface area (TPSA) is 128 Å². The molecule has 0 aliphatic carbocycles. The average Bonchev–Trinajstić information content (AvgIpc) is 3.39. The van der Waals surface area contributed by atoms with E-state index in [0.717, 1.165) is 11.3 Å². The van der Waals surface area contributed by atoms with Crippen molar-refractivity contribution in [2.24, 2.45) is 5.10 Å². The highest BCUT2D eigenvalue weighted by molar-refractivity contribution is 7.16. The summed E-state index contributed by atoms with van der Waals surface area (Å²) < 4.78 is 0. The molecule has 3 rings (SSSR count). The lowest BCUT2D eigenvalue weighted by molar-refractivity contribution is -0.135. The van der Waals surface area contributed by atoms with Gasteiger partial charge in [-0.3, -0.25) is 14.4 Å². The number of carboxylic acid groups (broad SMARTS) is 1. The molecule has 8 nitrogen and oxygen atoms in total. The number of hydrogen-bond acceptors (Lipinski definition) is 7. The minimum atomic E-state index is -1.17. The number of benzene rings is 1. The normalized spacial score (nSPS) is 11.3. The summed E-state index contributed by atoms with van der Waals surface area (Å²) in [4.78, 5) is 35.7. The Morgan fingerprint density at radius 2 is 1.75 bits per heavy atom. The van der Waals surface area contributed by atoms with Gasteiger partial charge in [0, 0.05) is 5.38 Å². The van der Waals surface area contributed by atoms with Gasteiger partial charge in [-0.15, -0.1) is 22.7 Å². The molecule has 166 valence electrons. The molecule has 0 aliphatic heterocycles. The number of nitrogens with zero attached hydrogens (tertiary/aromatic N) is 1. The second-order valence-corrected chi connectivity index (χ2v) is 9.11. The van der Waals surface area contributed by atoms with Crippen LogP contribution in [0.4, 0.5) is 0 Å². The van der Waals surface area contributed by atoms with Crippen LogP contribution >= 0.6 is 45.9 Å². The highest BCUT2D eigenvalue weighted by atomic mass is 35.5. The van der Waals surface area contributed by atoms with Crippen LogP contribution in [0.2, 0.25) is 10.0 Å². The van der Waals surface area contributed by atoms with Crippen molar-refractivity contribution in [1.82, 2.24) is 10.7 Å². The number of aromatic hydroxyl groups is 1. The van der Waals surface area contributed by atoms with Crippen LogP contribution in [0, 0.1) is 0 Å². The fourth-order valence-corrected chi connectivity index (χ4v) is 4.64. The molecule has 32 heavy (non-hydrogen) atoms. The Morgan fingerprint density at radius 3 is 2.41 bits per heavy atom. The summed E-state index contributed by atoms with van der Waals surface area (Å²) in [6.07, 6.45) is 0. The molecule has 2 aromatic heterocycles. The van der Waals surface area contributed by atoms with E-state index in [2.05, 4.69) is 15.8 Å². The number of rotatable bonds is 7. The van der Waals surface area contributed by atoms with Crippen molar-refractivity contribution in [3.05, 3.63) is 61.1 Å². The van der Waals surface area contributed by atoms with E-state index >= 15 is 0 Å². The number of carbonyl (C=O) groups is 3. The molecule has 0 spiro atoms. The third kappa shape index (κ3) is 5.46. The maximum absolute atomic E-state index is 12.3. The van der Waals surface area contributed by atoms with Crippen LogP contribution in [0.3, 0.4) is 0 Å². The van der Waals surface area contributed by atoms with Gasteiger partial charge < -0.3 is 15.5 Å². The lowest BCUT2D eigenvalue weighted by Crippen LogP contribution is -2.28. The molecule has 2 amide bonds. The fraction of sp³-hybridized carbons (Fsp3) is 0.100. The molecular formula is C20H15Cl2N3O5S2. The minimum absolute atomic E-state index is 0.00241. The van der Waals surface area contributed by atoms with Gasteiger partial charge in [-0.1, -0.05) is 29.3 Å². The van der Waals surface area contributed by atoms with Gasteiger partial charge >= 0.3 is 5.97 Å². The van der Waals surface area contributed by atoms with Crippen molar-refractivity contribution in [2.75, 3.05) is 6.54 Å². The number of thiophene rings is 2. The van der Waals surface area contributed by atoms with Gasteiger partial charge in [-0.05, 0) is 36.8 Å². The maximum Gasteiger partial charge on any atom is 0.322 e. The van der Waals surface area contributed by atoms with E-state index in [9.17, 15) is 19.5 Å². The van der Waals surface area contributed by atoms with Gasteiger partial charge in [0.15, 0.2) is 0 Å². The number of hydrazone groups is 1. The Kier molecular flexibility index (Phi) is 7.52. The molecule has 0 unspecified atom stereocenters. The first kappa shape index (κ1) is 23.7. The third-order valence-electron chi connectivity index (χ3n) is 4.12. The maximum atomic E-state index is 12.3. The fourth-order valence-electron chi connectivity index (χ4n) is 2.53. The standard InChI is InChI=1S/C20H15Cl2N3O5S2/c1-9(11-8-31-18(17(11)28)10-2-3-12(21)13(22)6-10)24-25-20(30)15-5-4-14(32-15)19(29)23-7-16(26)27/h2-6,8,28H,7H2,1H3,(H,23,29)(H,25,30)(H,26,27)/b24-9+. The van der Waals surface area contributed by atoms with E-state index in [1.54, 1.807) is 30.5 Å². The first-order valence-corrected chi connectivity index (χ1v) is 11.3. The quantitative estimate of drug-likeness (QED) is 0.275. The number of halogens is 2. The van der Waals surface area contributed by atoms with Crippen LogP contribution in [0.5, 0.6) is 5.75 Å². The lowest BCUT2D eigenvalue weighted by Gasteiger charge is -2.04. The van der Waals surface area contributed by atoms with Crippen molar-refractivity contribution in [2.45, 2.75) is 6.92 Å². The predicted octanol–water partition coefficient (Wildman–Crippen LogP) is 4.46. The zero-order valence-corrected chi connectivity index (χ0v) is 19.5. The van der Waals surface area contributed by atoms with Crippen molar-refractivity contribution < 1.29 is 24.6 Å². The van der Waals surface area contributed by atoms with Crippen LogP contribution in [-0.2, 0) is 4.79 Å². The molecule has 3 aromatic rings. The molecule has 0 fully saturated rings. The number of aliphatic carboxylic acids is 1. The minimum Gasteiger partial charge on any atom is -0.506 e. The first-order valence-electron chi connectivity index (χ1n) is 8.88. The van der Waals surface area contributed by atoms with E-state index in [1.165, 1.54) is 23.5 Å². The average molecular weight is 512 g/mol.